The van der Waals surface area contributed by atoms with Crippen molar-refractivity contribution in [3.05, 3.63) is 81.0 Å². The van der Waals surface area contributed by atoms with E-state index in [0.717, 1.165) is 54.5 Å². The molecule has 0 amide bonds. The fraction of sp³-hybridized carbons (Fsp3) is 0.516. The van der Waals surface area contributed by atoms with Crippen LogP contribution in [0.25, 0.3) is 0 Å². The van der Waals surface area contributed by atoms with Crippen LogP contribution >= 0.6 is 27.5 Å². The van der Waals surface area contributed by atoms with Crippen molar-refractivity contribution in [3.63, 3.8) is 0 Å². The highest BCUT2D eigenvalue weighted by Gasteiger charge is 2.49. The summed E-state index contributed by atoms with van der Waals surface area (Å²) in [4.78, 5) is 2.96. The summed E-state index contributed by atoms with van der Waals surface area (Å²) in [7, 11) is -3.62. The van der Waals surface area contributed by atoms with E-state index >= 15 is 0 Å². The van der Waals surface area contributed by atoms with E-state index in [4.69, 9.17) is 16.7 Å². The number of halogens is 2. The normalized spacial score (nSPS) is 23.7. The van der Waals surface area contributed by atoms with Gasteiger partial charge in [-0.2, -0.15) is 5.10 Å². The number of aromatic nitrogens is 2. The Labute approximate surface area is 247 Å². The molecule has 1 saturated heterocycles. The molecule has 2 aliphatic rings. The van der Waals surface area contributed by atoms with Crippen molar-refractivity contribution in [1.82, 2.24) is 14.7 Å². The number of likely N-dealkylation sites (tertiary alicyclic amines) is 1. The molecule has 0 atom stereocenters. The first-order valence-corrected chi connectivity index (χ1v) is 16.6. The highest BCUT2D eigenvalue weighted by Crippen LogP contribution is 2.48. The molecular formula is C31H39BrClN3O2S. The third-order valence-electron chi connectivity index (χ3n) is 8.73. The molecule has 1 aliphatic heterocycles. The lowest BCUT2D eigenvalue weighted by atomic mass is 9.79. The Hall–Kier alpha value is -1.67. The second-order valence-corrected chi connectivity index (χ2v) is 15.9. The van der Waals surface area contributed by atoms with Crippen molar-refractivity contribution in [3.8, 4) is 0 Å². The first-order chi connectivity index (χ1) is 18.4. The van der Waals surface area contributed by atoms with Gasteiger partial charge in [0.05, 0.1) is 16.1 Å². The largest absolute Gasteiger partial charge is 0.300 e. The monoisotopic (exact) mass is 631 g/mol. The summed E-state index contributed by atoms with van der Waals surface area (Å²) < 4.78 is 30.7. The van der Waals surface area contributed by atoms with E-state index in [1.165, 1.54) is 5.69 Å². The van der Waals surface area contributed by atoms with Crippen molar-refractivity contribution in [2.45, 2.75) is 93.4 Å². The molecule has 1 saturated carbocycles. The second kappa shape index (κ2) is 11.0. The maximum absolute atomic E-state index is 14.2. The van der Waals surface area contributed by atoms with Gasteiger partial charge in [0.25, 0.3) is 0 Å². The van der Waals surface area contributed by atoms with E-state index in [2.05, 4.69) is 59.3 Å². The van der Waals surface area contributed by atoms with Gasteiger partial charge in [-0.25, -0.2) is 8.42 Å². The van der Waals surface area contributed by atoms with Crippen molar-refractivity contribution in [2.75, 3.05) is 13.1 Å². The Kier molecular flexibility index (Phi) is 8.10. The number of sulfone groups is 1. The van der Waals surface area contributed by atoms with E-state index in [9.17, 15) is 8.42 Å². The van der Waals surface area contributed by atoms with Crippen LogP contribution in [0.4, 0.5) is 0 Å². The van der Waals surface area contributed by atoms with Crippen LogP contribution in [0.1, 0.15) is 82.2 Å². The molecule has 5 nitrogen and oxygen atoms in total. The van der Waals surface area contributed by atoms with Crippen LogP contribution < -0.4 is 0 Å². The van der Waals surface area contributed by atoms with Gasteiger partial charge in [0.15, 0.2) is 9.84 Å². The molecule has 8 heteroatoms. The molecule has 2 aromatic carbocycles. The number of rotatable bonds is 5. The predicted octanol–water partition coefficient (Wildman–Crippen LogP) is 7.85. The van der Waals surface area contributed by atoms with Crippen LogP contribution in [0.2, 0.25) is 5.02 Å². The summed E-state index contributed by atoms with van der Waals surface area (Å²) in [5, 5.41) is 5.35. The fourth-order valence-electron chi connectivity index (χ4n) is 6.65. The molecule has 2 heterocycles. The number of benzene rings is 2. The molecule has 3 aromatic rings. The summed E-state index contributed by atoms with van der Waals surface area (Å²) in [5.41, 5.74) is 3.28. The lowest BCUT2D eigenvalue weighted by Gasteiger charge is -2.45. The fourth-order valence-corrected chi connectivity index (χ4v) is 9.20. The Morgan fingerprint density at radius 1 is 0.949 bits per heavy atom. The Morgan fingerprint density at radius 2 is 1.54 bits per heavy atom. The minimum absolute atomic E-state index is 0.0317. The van der Waals surface area contributed by atoms with Gasteiger partial charge < -0.3 is 4.90 Å². The Bertz CT molecular complexity index is 1400. The minimum Gasteiger partial charge on any atom is -0.300 e. The summed E-state index contributed by atoms with van der Waals surface area (Å²) in [6, 6.07) is 17.2. The lowest BCUT2D eigenvalue weighted by molar-refractivity contribution is 0.109. The first-order valence-electron chi connectivity index (χ1n) is 14.0. The van der Waals surface area contributed by atoms with E-state index in [0.29, 0.717) is 34.7 Å². The quantitative estimate of drug-likeness (QED) is 0.287. The zero-order chi connectivity index (χ0) is 28.0. The molecule has 0 unspecified atom stereocenters. The number of nitrogens with zero attached hydrogens (tertiary/aromatic N) is 3. The van der Waals surface area contributed by atoms with E-state index in [1.807, 2.05) is 24.3 Å². The van der Waals surface area contributed by atoms with E-state index < -0.39 is 14.6 Å². The summed E-state index contributed by atoms with van der Waals surface area (Å²) in [6.07, 6.45) is 5.18. The van der Waals surface area contributed by atoms with Crippen LogP contribution in [0.15, 0.2) is 64.0 Å². The minimum atomic E-state index is -3.62. The Balaban J connectivity index is 1.33. The number of aryl methyl sites for hydroxylation is 1. The first kappa shape index (κ1) is 28.8. The van der Waals surface area contributed by atoms with Crippen molar-refractivity contribution in [2.24, 2.45) is 0 Å². The number of hydrogen-bond donors (Lipinski definition) is 0. The van der Waals surface area contributed by atoms with Crippen LogP contribution in [0, 0.1) is 6.92 Å². The van der Waals surface area contributed by atoms with Crippen LogP contribution in [0.3, 0.4) is 0 Å². The van der Waals surface area contributed by atoms with E-state index in [1.54, 1.807) is 24.3 Å². The summed E-state index contributed by atoms with van der Waals surface area (Å²) in [5.74, 6) is 0.511. The molecule has 0 bridgehead atoms. The zero-order valence-corrected chi connectivity index (χ0v) is 26.5. The standard InChI is InChI=1S/C31H39BrClN3O2S/c1-22-21-29(36(34-22)30(2,3)4)23-15-19-35(20-16-23)27-13-17-31(18-14-27,24-5-7-25(32)8-6-24)39(37,38)28-11-9-26(33)10-12-28/h5-12,21,23,27H,13-20H2,1-4H3. The van der Waals surface area contributed by atoms with Gasteiger partial charge in [-0.05, 0) is 127 Å². The average Bonchev–Trinajstić information content (AvgIpc) is 3.32. The maximum atomic E-state index is 14.2. The third kappa shape index (κ3) is 5.61. The highest BCUT2D eigenvalue weighted by atomic mass is 79.9. The van der Waals surface area contributed by atoms with Crippen LogP contribution in [-0.2, 0) is 20.1 Å². The molecule has 39 heavy (non-hydrogen) atoms. The van der Waals surface area contributed by atoms with Gasteiger partial charge in [-0.15, -0.1) is 0 Å². The van der Waals surface area contributed by atoms with Crippen LogP contribution in [0.5, 0.6) is 0 Å². The Morgan fingerprint density at radius 3 is 2.10 bits per heavy atom. The van der Waals surface area contributed by atoms with Crippen molar-refractivity contribution in [1.29, 1.82) is 0 Å². The molecule has 210 valence electrons. The zero-order valence-electron chi connectivity index (χ0n) is 23.3. The predicted molar refractivity (Wildman–Crippen MR) is 162 cm³/mol. The highest BCUT2D eigenvalue weighted by molar-refractivity contribution is 9.10. The molecular weight excluding hydrogens is 594 g/mol. The second-order valence-electron chi connectivity index (χ2n) is 12.3. The van der Waals surface area contributed by atoms with Gasteiger partial charge in [0.1, 0.15) is 4.75 Å². The molecule has 1 aromatic heterocycles. The van der Waals surface area contributed by atoms with Gasteiger partial charge in [-0.3, -0.25) is 4.68 Å². The molecule has 2 fully saturated rings. The molecule has 0 radical (unpaired) electrons. The third-order valence-corrected chi connectivity index (χ3v) is 12.1. The van der Waals surface area contributed by atoms with Gasteiger partial charge >= 0.3 is 0 Å². The van der Waals surface area contributed by atoms with Crippen molar-refractivity contribution < 1.29 is 8.42 Å². The molecule has 0 spiro atoms. The average molecular weight is 633 g/mol. The lowest BCUT2D eigenvalue weighted by Crippen LogP contribution is -2.48. The van der Waals surface area contributed by atoms with Gasteiger partial charge in [0.2, 0.25) is 0 Å². The number of hydrogen-bond acceptors (Lipinski definition) is 4. The molecule has 0 N–H and O–H groups in total. The van der Waals surface area contributed by atoms with Crippen LogP contribution in [-0.4, -0.2) is 42.2 Å². The van der Waals surface area contributed by atoms with E-state index in [-0.39, 0.29) is 5.54 Å². The summed E-state index contributed by atoms with van der Waals surface area (Å²) in [6.45, 7) is 10.8. The maximum Gasteiger partial charge on any atom is 0.188 e. The van der Waals surface area contributed by atoms with Gasteiger partial charge in [0, 0.05) is 27.1 Å². The molecule has 5 rings (SSSR count). The smallest absolute Gasteiger partial charge is 0.188 e. The molecule has 1 aliphatic carbocycles. The summed E-state index contributed by atoms with van der Waals surface area (Å²) >= 11 is 9.61. The SMILES string of the molecule is Cc1cc(C2CCN(C3CCC(c4ccc(Br)cc4)(S(=O)(=O)c4ccc(Cl)cc4)CC3)CC2)n(C(C)(C)C)n1. The van der Waals surface area contributed by atoms with Gasteiger partial charge in [-0.1, -0.05) is 39.7 Å². The topological polar surface area (TPSA) is 55.2 Å². The van der Waals surface area contributed by atoms with Crippen molar-refractivity contribution >= 4 is 37.4 Å². The number of piperidine rings is 1.